The van der Waals surface area contributed by atoms with Crippen LogP contribution in [0.5, 0.6) is 5.75 Å². The van der Waals surface area contributed by atoms with Gasteiger partial charge in [-0.05, 0) is 49.2 Å². The third kappa shape index (κ3) is 5.35. The van der Waals surface area contributed by atoms with Gasteiger partial charge in [0.05, 0.1) is 0 Å². The van der Waals surface area contributed by atoms with E-state index in [-0.39, 0.29) is 17.6 Å². The first-order chi connectivity index (χ1) is 16.5. The monoisotopic (exact) mass is 458 g/mol. The van der Waals surface area contributed by atoms with Crippen molar-refractivity contribution in [1.82, 2.24) is 0 Å². The highest BCUT2D eigenvalue weighted by molar-refractivity contribution is 5.98. The summed E-state index contributed by atoms with van der Waals surface area (Å²) in [6.07, 6.45) is 1.53. The van der Waals surface area contributed by atoms with Gasteiger partial charge in [-0.3, -0.25) is 9.59 Å². The van der Waals surface area contributed by atoms with E-state index in [0.717, 1.165) is 18.5 Å². The second-order valence-electron chi connectivity index (χ2n) is 7.96. The zero-order valence-corrected chi connectivity index (χ0v) is 18.6. The Bertz CT molecular complexity index is 1180. The van der Waals surface area contributed by atoms with Gasteiger partial charge >= 0.3 is 0 Å². The highest BCUT2D eigenvalue weighted by Gasteiger charge is 2.24. The molecule has 2 amide bonds. The number of nitrogens with two attached hydrogens (primary N) is 1. The first kappa shape index (κ1) is 22.8. The fraction of sp³-hybridized carbons (Fsp3) is 0.192. The summed E-state index contributed by atoms with van der Waals surface area (Å²) < 4.78 is 6.05. The summed E-state index contributed by atoms with van der Waals surface area (Å²) in [6, 6.07) is 23.0. The second-order valence-corrected chi connectivity index (χ2v) is 7.96. The molecule has 0 aliphatic carbocycles. The third-order valence-electron chi connectivity index (χ3n) is 5.60. The maximum Gasteiger partial charge on any atom is 0.270 e. The number of benzene rings is 3. The normalized spacial score (nSPS) is 15.0. The van der Waals surface area contributed by atoms with E-state index in [0.29, 0.717) is 35.5 Å². The minimum atomic E-state index is -0.938. The fourth-order valence-electron chi connectivity index (χ4n) is 3.83. The molecule has 1 atom stereocenters. The Balaban J connectivity index is 1.53. The fourth-order valence-corrected chi connectivity index (χ4v) is 3.83. The number of piperidine rings is 1. The number of amides is 2. The smallest absolute Gasteiger partial charge is 0.270 e. The molecule has 174 valence electrons. The van der Waals surface area contributed by atoms with Gasteiger partial charge in [-0.1, -0.05) is 47.6 Å². The molecule has 4 N–H and O–H groups in total. The maximum absolute atomic E-state index is 13.2. The van der Waals surface area contributed by atoms with Gasteiger partial charge in [0.25, 0.3) is 5.91 Å². The molecule has 1 aliphatic heterocycles. The van der Waals surface area contributed by atoms with Gasteiger partial charge in [0.1, 0.15) is 5.75 Å². The molecule has 1 fully saturated rings. The van der Waals surface area contributed by atoms with Gasteiger partial charge in [-0.2, -0.15) is 0 Å². The van der Waals surface area contributed by atoms with Gasteiger partial charge < -0.3 is 25.9 Å². The molecule has 1 saturated heterocycles. The molecule has 1 unspecified atom stereocenters. The number of carbonyl (C=O) groups is 2. The van der Waals surface area contributed by atoms with Crippen LogP contribution in [0.2, 0.25) is 0 Å². The van der Waals surface area contributed by atoms with E-state index in [9.17, 15) is 9.59 Å². The van der Waals surface area contributed by atoms with Crippen molar-refractivity contribution in [2.24, 2.45) is 10.9 Å². The molecular formula is C26H26N4O4. The first-order valence-corrected chi connectivity index (χ1v) is 11.1. The van der Waals surface area contributed by atoms with Gasteiger partial charge in [0.2, 0.25) is 12.0 Å². The van der Waals surface area contributed by atoms with E-state index < -0.39 is 6.10 Å². The van der Waals surface area contributed by atoms with Crippen LogP contribution in [0.4, 0.5) is 11.4 Å². The molecule has 0 saturated carbocycles. The quantitative estimate of drug-likeness (QED) is 0.214. The summed E-state index contributed by atoms with van der Waals surface area (Å²) in [4.78, 5) is 27.2. The SMILES string of the molecule is N/C(=N/O)c1cccc(OC(C(=O)Nc2ccc(N3CCCCC3=O)cc2)c2ccccc2)c1. The van der Waals surface area contributed by atoms with Crippen LogP contribution in [0.25, 0.3) is 0 Å². The van der Waals surface area contributed by atoms with Crippen molar-refractivity contribution in [3.05, 3.63) is 90.0 Å². The predicted octanol–water partition coefficient (Wildman–Crippen LogP) is 4.06. The lowest BCUT2D eigenvalue weighted by molar-refractivity contribution is -0.123. The van der Waals surface area contributed by atoms with Crippen molar-refractivity contribution in [3.63, 3.8) is 0 Å². The Kier molecular flexibility index (Phi) is 7.07. The number of carbonyl (C=O) groups excluding carboxylic acids is 2. The average Bonchev–Trinajstić information content (AvgIpc) is 2.88. The van der Waals surface area contributed by atoms with E-state index in [1.807, 2.05) is 42.5 Å². The summed E-state index contributed by atoms with van der Waals surface area (Å²) in [6.45, 7) is 0.707. The number of hydrogen-bond donors (Lipinski definition) is 3. The zero-order valence-electron chi connectivity index (χ0n) is 18.6. The number of nitrogens with zero attached hydrogens (tertiary/aromatic N) is 2. The maximum atomic E-state index is 13.2. The predicted molar refractivity (Wildman–Crippen MR) is 130 cm³/mol. The Labute approximate surface area is 197 Å². The Morgan fingerprint density at radius 3 is 2.50 bits per heavy atom. The lowest BCUT2D eigenvalue weighted by Gasteiger charge is -2.27. The first-order valence-electron chi connectivity index (χ1n) is 11.1. The van der Waals surface area contributed by atoms with Gasteiger partial charge in [-0.25, -0.2) is 0 Å². The Morgan fingerprint density at radius 1 is 1.03 bits per heavy atom. The molecule has 3 aromatic carbocycles. The van der Waals surface area contributed by atoms with Crippen molar-refractivity contribution in [1.29, 1.82) is 0 Å². The summed E-state index contributed by atoms with van der Waals surface area (Å²) >= 11 is 0. The minimum Gasteiger partial charge on any atom is -0.476 e. The number of ether oxygens (including phenoxy) is 1. The van der Waals surface area contributed by atoms with Crippen molar-refractivity contribution in [2.45, 2.75) is 25.4 Å². The van der Waals surface area contributed by atoms with Crippen molar-refractivity contribution in [2.75, 3.05) is 16.8 Å². The van der Waals surface area contributed by atoms with Crippen molar-refractivity contribution in [3.8, 4) is 5.75 Å². The Morgan fingerprint density at radius 2 is 1.79 bits per heavy atom. The van der Waals surface area contributed by atoms with E-state index in [1.54, 1.807) is 41.3 Å². The van der Waals surface area contributed by atoms with Crippen LogP contribution in [0.15, 0.2) is 84.0 Å². The number of nitrogens with one attached hydrogen (secondary N) is 1. The molecule has 3 aromatic rings. The highest BCUT2D eigenvalue weighted by atomic mass is 16.5. The molecule has 8 heteroatoms. The zero-order chi connectivity index (χ0) is 23.9. The molecule has 8 nitrogen and oxygen atoms in total. The lowest BCUT2D eigenvalue weighted by Crippen LogP contribution is -2.35. The third-order valence-corrected chi connectivity index (χ3v) is 5.60. The van der Waals surface area contributed by atoms with Crippen LogP contribution in [0.3, 0.4) is 0 Å². The van der Waals surface area contributed by atoms with Crippen LogP contribution < -0.4 is 20.7 Å². The molecule has 1 heterocycles. The molecule has 0 aromatic heterocycles. The molecule has 0 bridgehead atoms. The van der Waals surface area contributed by atoms with Crippen LogP contribution in [-0.4, -0.2) is 29.4 Å². The van der Waals surface area contributed by atoms with Gasteiger partial charge in [0.15, 0.2) is 5.84 Å². The number of rotatable bonds is 7. The van der Waals surface area contributed by atoms with E-state index >= 15 is 0 Å². The summed E-state index contributed by atoms with van der Waals surface area (Å²) in [7, 11) is 0. The molecule has 0 radical (unpaired) electrons. The van der Waals surface area contributed by atoms with E-state index in [1.165, 1.54) is 0 Å². The highest BCUT2D eigenvalue weighted by Crippen LogP contribution is 2.26. The summed E-state index contributed by atoms with van der Waals surface area (Å²) in [5.41, 5.74) is 8.23. The van der Waals surface area contributed by atoms with Crippen LogP contribution in [0, 0.1) is 0 Å². The number of hydrogen-bond acceptors (Lipinski definition) is 5. The van der Waals surface area contributed by atoms with Crippen LogP contribution >= 0.6 is 0 Å². The topological polar surface area (TPSA) is 117 Å². The molecule has 0 spiro atoms. The number of anilines is 2. The average molecular weight is 459 g/mol. The number of amidine groups is 1. The van der Waals surface area contributed by atoms with Crippen LogP contribution in [0.1, 0.15) is 36.5 Å². The van der Waals surface area contributed by atoms with Crippen molar-refractivity contribution >= 4 is 29.0 Å². The standard InChI is InChI=1S/C26H26N4O4/c27-25(29-33)19-9-6-10-22(17-19)34-24(18-7-2-1-3-8-18)26(32)28-20-12-14-21(15-13-20)30-16-5-4-11-23(30)31/h1-3,6-10,12-15,17,24,33H,4-5,11,16H2,(H2,27,29)(H,28,32). The molecule has 4 rings (SSSR count). The largest absolute Gasteiger partial charge is 0.476 e. The summed E-state index contributed by atoms with van der Waals surface area (Å²) in [5, 5.41) is 14.8. The molecular weight excluding hydrogens is 432 g/mol. The number of oxime groups is 1. The van der Waals surface area contributed by atoms with Crippen LogP contribution in [-0.2, 0) is 9.59 Å². The Hall–Kier alpha value is -4.33. The van der Waals surface area contributed by atoms with E-state index in [2.05, 4.69) is 10.5 Å². The second kappa shape index (κ2) is 10.5. The summed E-state index contributed by atoms with van der Waals surface area (Å²) in [5.74, 6) is 0.0994. The van der Waals surface area contributed by atoms with Gasteiger partial charge in [-0.15, -0.1) is 0 Å². The van der Waals surface area contributed by atoms with Gasteiger partial charge in [0, 0.05) is 35.5 Å². The molecule has 34 heavy (non-hydrogen) atoms. The van der Waals surface area contributed by atoms with E-state index in [4.69, 9.17) is 15.7 Å². The minimum absolute atomic E-state index is 0.0570. The molecule has 1 aliphatic rings. The van der Waals surface area contributed by atoms with Crippen molar-refractivity contribution < 1.29 is 19.5 Å². The lowest BCUT2D eigenvalue weighted by atomic mass is 10.1.